The van der Waals surface area contributed by atoms with Gasteiger partial charge in [-0.25, -0.2) is 4.79 Å². The van der Waals surface area contributed by atoms with Crippen LogP contribution in [0.5, 0.6) is 5.88 Å². The minimum Gasteiger partial charge on any atom is -0.475 e. The first kappa shape index (κ1) is 11.9. The minimum absolute atomic E-state index is 0.104. The smallest absolute Gasteiger partial charge is 0.333 e. The number of rotatable bonds is 3. The molecule has 0 spiro atoms. The maximum absolute atomic E-state index is 11.9. The largest absolute Gasteiger partial charge is 0.475 e. The first-order valence-corrected chi connectivity index (χ1v) is 5.62. The predicted octanol–water partition coefficient (Wildman–Crippen LogP) is -0.840. The zero-order valence-electron chi connectivity index (χ0n) is 9.97. The van der Waals surface area contributed by atoms with Crippen LogP contribution in [-0.4, -0.2) is 27.0 Å². The molecule has 0 aromatic carbocycles. The molecule has 2 rings (SSSR count). The second kappa shape index (κ2) is 4.37. The SMILES string of the molecule is Cn1c2c(c(=O)n(C)c1=O)CC(CCCO)O2. The van der Waals surface area contributed by atoms with Crippen LogP contribution < -0.4 is 16.0 Å². The fourth-order valence-electron chi connectivity index (χ4n) is 2.13. The van der Waals surface area contributed by atoms with Gasteiger partial charge in [0.05, 0.1) is 5.56 Å². The number of aliphatic hydroxyl groups is 1. The van der Waals surface area contributed by atoms with Gasteiger partial charge in [-0.2, -0.15) is 0 Å². The van der Waals surface area contributed by atoms with Gasteiger partial charge in [0.25, 0.3) is 5.56 Å². The van der Waals surface area contributed by atoms with Gasteiger partial charge in [0, 0.05) is 27.1 Å². The van der Waals surface area contributed by atoms with Crippen molar-refractivity contribution in [1.82, 2.24) is 9.13 Å². The number of aliphatic hydroxyl groups excluding tert-OH is 1. The Balaban J connectivity index is 2.39. The van der Waals surface area contributed by atoms with E-state index < -0.39 is 0 Å². The van der Waals surface area contributed by atoms with Crippen molar-refractivity contribution in [3.05, 3.63) is 26.4 Å². The topological polar surface area (TPSA) is 73.5 Å². The Morgan fingerprint density at radius 1 is 1.35 bits per heavy atom. The molecule has 1 aromatic rings. The number of aromatic nitrogens is 2. The van der Waals surface area contributed by atoms with Crippen LogP contribution in [0, 0.1) is 0 Å². The molecule has 1 atom stereocenters. The molecule has 0 saturated carbocycles. The van der Waals surface area contributed by atoms with Crippen molar-refractivity contribution in [2.75, 3.05) is 6.61 Å². The van der Waals surface area contributed by atoms with Gasteiger partial charge >= 0.3 is 5.69 Å². The third-order valence-electron chi connectivity index (χ3n) is 3.09. The summed E-state index contributed by atoms with van der Waals surface area (Å²) in [7, 11) is 3.06. The summed E-state index contributed by atoms with van der Waals surface area (Å²) in [5.41, 5.74) is -0.108. The lowest BCUT2D eigenvalue weighted by Gasteiger charge is -2.10. The van der Waals surface area contributed by atoms with Crippen molar-refractivity contribution in [2.45, 2.75) is 25.4 Å². The van der Waals surface area contributed by atoms with E-state index in [1.807, 2.05) is 0 Å². The molecule has 0 fully saturated rings. The zero-order chi connectivity index (χ0) is 12.6. The summed E-state index contributed by atoms with van der Waals surface area (Å²) in [6, 6.07) is 0. The molecule has 0 radical (unpaired) electrons. The standard InChI is InChI=1S/C11H16N2O4/c1-12-9(15)8-6-7(4-3-5-14)17-10(8)13(2)11(12)16/h7,14H,3-6H2,1-2H3. The molecule has 94 valence electrons. The first-order valence-electron chi connectivity index (χ1n) is 5.62. The molecule has 0 bridgehead atoms. The number of fused-ring (bicyclic) bond motifs is 1. The first-order chi connectivity index (χ1) is 8.06. The van der Waals surface area contributed by atoms with E-state index in [0.29, 0.717) is 30.7 Å². The molecule has 0 aliphatic carbocycles. The van der Waals surface area contributed by atoms with Gasteiger partial charge in [-0.15, -0.1) is 0 Å². The maximum atomic E-state index is 11.9. The van der Waals surface area contributed by atoms with Crippen LogP contribution in [0.25, 0.3) is 0 Å². The van der Waals surface area contributed by atoms with Gasteiger partial charge in [-0.05, 0) is 12.8 Å². The Hall–Kier alpha value is -1.56. The number of nitrogens with zero attached hydrogens (tertiary/aromatic N) is 2. The summed E-state index contributed by atoms with van der Waals surface area (Å²) in [5, 5.41) is 8.76. The Kier molecular flexibility index (Phi) is 3.06. The molecule has 0 saturated heterocycles. The highest BCUT2D eigenvalue weighted by atomic mass is 16.5. The normalized spacial score (nSPS) is 17.9. The fraction of sp³-hybridized carbons (Fsp3) is 0.636. The zero-order valence-corrected chi connectivity index (χ0v) is 9.97. The van der Waals surface area contributed by atoms with E-state index in [-0.39, 0.29) is 24.0 Å². The van der Waals surface area contributed by atoms with Crippen LogP contribution >= 0.6 is 0 Å². The van der Waals surface area contributed by atoms with Crippen LogP contribution in [0.4, 0.5) is 0 Å². The van der Waals surface area contributed by atoms with Gasteiger partial charge in [0.1, 0.15) is 6.10 Å². The summed E-state index contributed by atoms with van der Waals surface area (Å²) in [5.74, 6) is 0.376. The van der Waals surface area contributed by atoms with Crippen LogP contribution in [-0.2, 0) is 20.5 Å². The van der Waals surface area contributed by atoms with Gasteiger partial charge in [0.15, 0.2) is 0 Å². The highest BCUT2D eigenvalue weighted by Crippen LogP contribution is 2.25. The van der Waals surface area contributed by atoms with Crippen molar-refractivity contribution in [3.63, 3.8) is 0 Å². The van der Waals surface area contributed by atoms with Gasteiger partial charge in [-0.3, -0.25) is 13.9 Å². The molecular formula is C11H16N2O4. The van der Waals surface area contributed by atoms with E-state index in [1.165, 1.54) is 11.6 Å². The quantitative estimate of drug-likeness (QED) is 0.747. The van der Waals surface area contributed by atoms with Crippen molar-refractivity contribution >= 4 is 0 Å². The monoisotopic (exact) mass is 240 g/mol. The summed E-state index contributed by atoms with van der Waals surface area (Å²) < 4.78 is 8.05. The summed E-state index contributed by atoms with van der Waals surface area (Å²) in [4.78, 5) is 23.5. The minimum atomic E-state index is -0.378. The highest BCUT2D eigenvalue weighted by Gasteiger charge is 2.29. The van der Waals surface area contributed by atoms with Crippen LogP contribution in [0.3, 0.4) is 0 Å². The molecule has 17 heavy (non-hydrogen) atoms. The molecule has 6 heteroatoms. The van der Waals surface area contributed by atoms with Crippen molar-refractivity contribution < 1.29 is 9.84 Å². The van der Waals surface area contributed by atoms with E-state index in [4.69, 9.17) is 9.84 Å². The van der Waals surface area contributed by atoms with E-state index in [1.54, 1.807) is 7.05 Å². The number of ether oxygens (including phenoxy) is 1. The summed E-state index contributed by atoms with van der Waals surface area (Å²) in [6.45, 7) is 0.104. The van der Waals surface area contributed by atoms with E-state index >= 15 is 0 Å². The van der Waals surface area contributed by atoms with Gasteiger partial charge in [0.2, 0.25) is 5.88 Å². The van der Waals surface area contributed by atoms with E-state index in [9.17, 15) is 9.59 Å². The molecule has 1 unspecified atom stereocenters. The Bertz CT molecular complexity index is 544. The third-order valence-corrected chi connectivity index (χ3v) is 3.09. The summed E-state index contributed by atoms with van der Waals surface area (Å²) >= 11 is 0. The van der Waals surface area contributed by atoms with Gasteiger partial charge < -0.3 is 9.84 Å². The molecule has 2 heterocycles. The van der Waals surface area contributed by atoms with Crippen LogP contribution in [0.1, 0.15) is 18.4 Å². The molecule has 0 amide bonds. The maximum Gasteiger partial charge on any atom is 0.333 e. The predicted molar refractivity (Wildman–Crippen MR) is 61.4 cm³/mol. The van der Waals surface area contributed by atoms with Crippen LogP contribution in [0.15, 0.2) is 9.59 Å². The number of hydrogen-bond donors (Lipinski definition) is 1. The fourth-order valence-corrected chi connectivity index (χ4v) is 2.13. The number of hydrogen-bond acceptors (Lipinski definition) is 4. The highest BCUT2D eigenvalue weighted by molar-refractivity contribution is 5.29. The van der Waals surface area contributed by atoms with Crippen molar-refractivity contribution in [3.8, 4) is 5.88 Å². The van der Waals surface area contributed by atoms with E-state index in [2.05, 4.69) is 0 Å². The molecule has 1 N–H and O–H groups in total. The second-order valence-electron chi connectivity index (χ2n) is 4.30. The van der Waals surface area contributed by atoms with Crippen molar-refractivity contribution in [1.29, 1.82) is 0 Å². The lowest BCUT2D eigenvalue weighted by atomic mass is 10.1. The van der Waals surface area contributed by atoms with E-state index in [0.717, 1.165) is 4.57 Å². The average Bonchev–Trinajstić information content (AvgIpc) is 2.75. The summed E-state index contributed by atoms with van der Waals surface area (Å²) in [6.07, 6.45) is 1.71. The average molecular weight is 240 g/mol. The Labute approximate surface area is 98.1 Å². The Morgan fingerprint density at radius 3 is 2.71 bits per heavy atom. The van der Waals surface area contributed by atoms with Crippen LogP contribution in [0.2, 0.25) is 0 Å². The Morgan fingerprint density at radius 2 is 2.06 bits per heavy atom. The lowest BCUT2D eigenvalue weighted by Crippen LogP contribution is -2.38. The third kappa shape index (κ3) is 1.88. The van der Waals surface area contributed by atoms with Gasteiger partial charge in [-0.1, -0.05) is 0 Å². The molecular weight excluding hydrogens is 224 g/mol. The lowest BCUT2D eigenvalue weighted by molar-refractivity contribution is 0.185. The van der Waals surface area contributed by atoms with Crippen molar-refractivity contribution in [2.24, 2.45) is 14.1 Å². The molecule has 1 aliphatic rings. The molecule has 6 nitrogen and oxygen atoms in total. The molecule has 1 aromatic heterocycles. The second-order valence-corrected chi connectivity index (χ2v) is 4.30. The molecule has 1 aliphatic heterocycles.